The standard InChI is InChI=1S/C10H9NO3/c11-10(13)9-5-7(12)6-3-1-2-4-8(6)14-9/h1-4,9H,5H2,(H2,11,13)/t9-/m1/s1. The molecule has 1 aliphatic heterocycles. The zero-order valence-electron chi connectivity index (χ0n) is 7.40. The van der Waals surface area contributed by atoms with Crippen LogP contribution in [-0.4, -0.2) is 17.8 Å². The van der Waals surface area contributed by atoms with E-state index in [1.54, 1.807) is 24.3 Å². The number of carbonyl (C=O) groups excluding carboxylic acids is 2. The van der Waals surface area contributed by atoms with Gasteiger partial charge in [-0.1, -0.05) is 12.1 Å². The van der Waals surface area contributed by atoms with Gasteiger partial charge in [0.2, 0.25) is 0 Å². The molecule has 14 heavy (non-hydrogen) atoms. The third kappa shape index (κ3) is 1.35. The highest BCUT2D eigenvalue weighted by Crippen LogP contribution is 2.26. The van der Waals surface area contributed by atoms with Crippen LogP contribution in [0.1, 0.15) is 16.8 Å². The molecule has 1 aliphatic rings. The van der Waals surface area contributed by atoms with Gasteiger partial charge in [-0.3, -0.25) is 9.59 Å². The average Bonchev–Trinajstić information content (AvgIpc) is 2.17. The molecule has 0 fully saturated rings. The smallest absolute Gasteiger partial charge is 0.258 e. The van der Waals surface area contributed by atoms with Crippen molar-refractivity contribution >= 4 is 11.7 Å². The summed E-state index contributed by atoms with van der Waals surface area (Å²) in [4.78, 5) is 22.4. The van der Waals surface area contributed by atoms with E-state index in [-0.39, 0.29) is 12.2 Å². The predicted molar refractivity (Wildman–Crippen MR) is 49.0 cm³/mol. The lowest BCUT2D eigenvalue weighted by Crippen LogP contribution is -2.38. The van der Waals surface area contributed by atoms with Crippen molar-refractivity contribution in [1.82, 2.24) is 0 Å². The minimum Gasteiger partial charge on any atom is -0.479 e. The maximum Gasteiger partial charge on any atom is 0.258 e. The summed E-state index contributed by atoms with van der Waals surface area (Å²) >= 11 is 0. The first kappa shape index (κ1) is 8.74. The first-order valence-electron chi connectivity index (χ1n) is 4.26. The summed E-state index contributed by atoms with van der Waals surface area (Å²) in [7, 11) is 0. The van der Waals surface area contributed by atoms with E-state index in [0.717, 1.165) is 0 Å². The van der Waals surface area contributed by atoms with Crippen LogP contribution in [0, 0.1) is 0 Å². The molecular formula is C10H9NO3. The second kappa shape index (κ2) is 3.14. The molecule has 0 radical (unpaired) electrons. The number of ether oxygens (including phenoxy) is 1. The van der Waals surface area contributed by atoms with E-state index >= 15 is 0 Å². The second-order valence-corrected chi connectivity index (χ2v) is 3.13. The molecular weight excluding hydrogens is 182 g/mol. The molecule has 1 amide bonds. The molecule has 2 N–H and O–H groups in total. The number of hydrogen-bond donors (Lipinski definition) is 1. The van der Waals surface area contributed by atoms with Gasteiger partial charge in [-0.05, 0) is 12.1 Å². The van der Waals surface area contributed by atoms with Gasteiger partial charge in [0, 0.05) is 0 Å². The summed E-state index contributed by atoms with van der Waals surface area (Å²) in [5, 5.41) is 0. The number of primary amides is 1. The van der Waals surface area contributed by atoms with E-state index in [9.17, 15) is 9.59 Å². The number of para-hydroxylation sites is 1. The van der Waals surface area contributed by atoms with Crippen LogP contribution in [0.5, 0.6) is 5.75 Å². The van der Waals surface area contributed by atoms with E-state index in [2.05, 4.69) is 0 Å². The molecule has 0 aromatic heterocycles. The van der Waals surface area contributed by atoms with Crippen LogP contribution < -0.4 is 10.5 Å². The molecule has 4 heteroatoms. The predicted octanol–water partition coefficient (Wildman–Crippen LogP) is 0.506. The molecule has 0 spiro atoms. The summed E-state index contributed by atoms with van der Waals surface area (Å²) in [6, 6.07) is 6.83. The number of hydrogen-bond acceptors (Lipinski definition) is 3. The van der Waals surface area contributed by atoms with Crippen LogP contribution >= 0.6 is 0 Å². The highest BCUT2D eigenvalue weighted by atomic mass is 16.5. The van der Waals surface area contributed by atoms with E-state index in [4.69, 9.17) is 10.5 Å². The van der Waals surface area contributed by atoms with Gasteiger partial charge in [-0.25, -0.2) is 0 Å². The average molecular weight is 191 g/mol. The second-order valence-electron chi connectivity index (χ2n) is 3.13. The minimum atomic E-state index is -0.822. The number of rotatable bonds is 1. The highest BCUT2D eigenvalue weighted by Gasteiger charge is 2.29. The van der Waals surface area contributed by atoms with E-state index in [1.807, 2.05) is 0 Å². The Hall–Kier alpha value is -1.84. The van der Waals surface area contributed by atoms with Crippen molar-refractivity contribution < 1.29 is 14.3 Å². The summed E-state index contributed by atoms with van der Waals surface area (Å²) in [6.45, 7) is 0. The lowest BCUT2D eigenvalue weighted by Gasteiger charge is -2.22. The molecule has 1 heterocycles. The van der Waals surface area contributed by atoms with Crippen molar-refractivity contribution in [1.29, 1.82) is 0 Å². The van der Waals surface area contributed by atoms with Crippen LogP contribution in [0.15, 0.2) is 24.3 Å². The molecule has 2 rings (SSSR count). The Labute approximate surface area is 80.7 Å². The van der Waals surface area contributed by atoms with E-state index < -0.39 is 12.0 Å². The normalized spacial score (nSPS) is 19.7. The van der Waals surface area contributed by atoms with Gasteiger partial charge < -0.3 is 10.5 Å². The van der Waals surface area contributed by atoms with Gasteiger partial charge in [0.1, 0.15) is 5.75 Å². The zero-order chi connectivity index (χ0) is 10.1. The van der Waals surface area contributed by atoms with Crippen molar-refractivity contribution in [3.63, 3.8) is 0 Å². The Kier molecular flexibility index (Phi) is 1.96. The van der Waals surface area contributed by atoms with Gasteiger partial charge >= 0.3 is 0 Å². The number of Topliss-reactive ketones (excluding diaryl/α,β-unsaturated/α-hetero) is 1. The molecule has 0 bridgehead atoms. The molecule has 0 saturated heterocycles. The molecule has 1 atom stereocenters. The van der Waals surface area contributed by atoms with Gasteiger partial charge in [-0.15, -0.1) is 0 Å². The molecule has 1 aromatic carbocycles. The maximum atomic E-state index is 11.5. The van der Waals surface area contributed by atoms with Crippen LogP contribution in [0.25, 0.3) is 0 Å². The van der Waals surface area contributed by atoms with Crippen LogP contribution in [0.2, 0.25) is 0 Å². The topological polar surface area (TPSA) is 69.4 Å². The van der Waals surface area contributed by atoms with Crippen molar-refractivity contribution in [3.8, 4) is 5.75 Å². The zero-order valence-corrected chi connectivity index (χ0v) is 7.40. The third-order valence-electron chi connectivity index (χ3n) is 2.14. The summed E-state index contributed by atoms with van der Waals surface area (Å²) in [5.74, 6) is -0.268. The first-order valence-corrected chi connectivity index (χ1v) is 4.26. The van der Waals surface area contributed by atoms with E-state index in [0.29, 0.717) is 11.3 Å². The highest BCUT2D eigenvalue weighted by molar-refractivity contribution is 6.02. The monoisotopic (exact) mass is 191 g/mol. The van der Waals surface area contributed by atoms with Crippen LogP contribution in [0.3, 0.4) is 0 Å². The largest absolute Gasteiger partial charge is 0.479 e. The molecule has 4 nitrogen and oxygen atoms in total. The van der Waals surface area contributed by atoms with Crippen LogP contribution in [0.4, 0.5) is 0 Å². The number of benzene rings is 1. The summed E-state index contributed by atoms with van der Waals surface area (Å²) in [6.07, 6.45) is -0.788. The molecule has 0 aliphatic carbocycles. The Morgan fingerprint density at radius 1 is 1.43 bits per heavy atom. The number of ketones is 1. The molecule has 0 unspecified atom stereocenters. The van der Waals surface area contributed by atoms with Gasteiger partial charge in [0.25, 0.3) is 5.91 Å². The SMILES string of the molecule is NC(=O)[C@H]1CC(=O)c2ccccc2O1. The van der Waals surface area contributed by atoms with Crippen LogP contribution in [-0.2, 0) is 4.79 Å². The fourth-order valence-electron chi connectivity index (χ4n) is 1.43. The lowest BCUT2D eigenvalue weighted by atomic mass is 10.0. The Balaban J connectivity index is 2.38. The number of nitrogens with two attached hydrogens (primary N) is 1. The number of carbonyl (C=O) groups is 2. The fraction of sp³-hybridized carbons (Fsp3) is 0.200. The summed E-state index contributed by atoms with van der Waals surface area (Å²) in [5.41, 5.74) is 5.59. The van der Waals surface area contributed by atoms with Gasteiger partial charge in [-0.2, -0.15) is 0 Å². The van der Waals surface area contributed by atoms with Crippen molar-refractivity contribution in [2.75, 3.05) is 0 Å². The fourth-order valence-corrected chi connectivity index (χ4v) is 1.43. The lowest BCUT2D eigenvalue weighted by molar-refractivity contribution is -0.124. The number of amides is 1. The van der Waals surface area contributed by atoms with E-state index in [1.165, 1.54) is 0 Å². The van der Waals surface area contributed by atoms with Crippen molar-refractivity contribution in [3.05, 3.63) is 29.8 Å². The molecule has 0 saturated carbocycles. The first-order chi connectivity index (χ1) is 6.68. The van der Waals surface area contributed by atoms with Crippen molar-refractivity contribution in [2.24, 2.45) is 5.73 Å². The maximum absolute atomic E-state index is 11.5. The summed E-state index contributed by atoms with van der Waals surface area (Å²) < 4.78 is 5.27. The van der Waals surface area contributed by atoms with Crippen molar-refractivity contribution in [2.45, 2.75) is 12.5 Å². The number of fused-ring (bicyclic) bond motifs is 1. The minimum absolute atomic E-state index is 0.0341. The Morgan fingerprint density at radius 2 is 2.14 bits per heavy atom. The van der Waals surface area contributed by atoms with Gasteiger partial charge in [0.15, 0.2) is 11.9 Å². The Morgan fingerprint density at radius 3 is 2.86 bits per heavy atom. The Bertz CT molecular complexity index is 400. The molecule has 72 valence electrons. The third-order valence-corrected chi connectivity index (χ3v) is 2.14. The van der Waals surface area contributed by atoms with Gasteiger partial charge in [0.05, 0.1) is 12.0 Å². The quantitative estimate of drug-likeness (QED) is 0.702. The molecule has 1 aromatic rings.